The van der Waals surface area contributed by atoms with Gasteiger partial charge in [-0.05, 0) is 55.7 Å². The van der Waals surface area contributed by atoms with Crippen LogP contribution >= 0.6 is 0 Å². The Balaban J connectivity index is 1.92. The van der Waals surface area contributed by atoms with Crippen LogP contribution in [-0.4, -0.2) is 102 Å². The number of primary amides is 1. The quantitative estimate of drug-likeness (QED) is 0.102. The van der Waals surface area contributed by atoms with Crippen molar-refractivity contribution in [2.24, 2.45) is 17.6 Å². The summed E-state index contributed by atoms with van der Waals surface area (Å²) in [5.74, 6) is -2.81. The highest BCUT2D eigenvalue weighted by atomic mass is 16.6. The molecule has 1 aromatic carbocycles. The highest BCUT2D eigenvalue weighted by Crippen LogP contribution is 2.23. The van der Waals surface area contributed by atoms with Crippen molar-refractivity contribution in [1.82, 2.24) is 25.8 Å². The first kappa shape index (κ1) is 47.3. The van der Waals surface area contributed by atoms with Gasteiger partial charge in [0, 0.05) is 58.2 Å². The van der Waals surface area contributed by atoms with Crippen LogP contribution in [0.1, 0.15) is 116 Å². The summed E-state index contributed by atoms with van der Waals surface area (Å²) in [5, 5.41) is 19.4. The number of carbonyl (C=O) groups is 7. The number of likely N-dealkylation sites (N-methyl/N-ethyl adjacent to an activating group) is 2. The molecule has 56 heavy (non-hydrogen) atoms. The Morgan fingerprint density at radius 1 is 0.804 bits per heavy atom. The highest BCUT2D eigenvalue weighted by molar-refractivity contribution is 5.98. The van der Waals surface area contributed by atoms with Gasteiger partial charge in [0.2, 0.25) is 23.6 Å². The van der Waals surface area contributed by atoms with Crippen LogP contribution < -0.4 is 27.0 Å². The first-order valence-corrected chi connectivity index (χ1v) is 20.0. The lowest BCUT2D eigenvalue weighted by molar-refractivity contribution is -0.137. The molecule has 0 radical (unpaired) electrons. The molecule has 16 nitrogen and oxygen atoms in total. The number of carboxylic acid groups (broad SMARTS) is 1. The van der Waals surface area contributed by atoms with Crippen LogP contribution in [0, 0.1) is 11.8 Å². The molecule has 1 fully saturated rings. The number of urea groups is 1. The van der Waals surface area contributed by atoms with Gasteiger partial charge in [-0.25, -0.2) is 9.59 Å². The third-order valence-electron chi connectivity index (χ3n) is 9.91. The molecule has 0 bridgehead atoms. The molecule has 1 saturated carbocycles. The predicted molar refractivity (Wildman–Crippen MR) is 212 cm³/mol. The fraction of sp³-hybridized carbons (Fsp3) is 0.675. The summed E-state index contributed by atoms with van der Waals surface area (Å²) >= 11 is 0. The molecular formula is C40H65N7O9. The van der Waals surface area contributed by atoms with E-state index in [4.69, 9.17) is 15.6 Å². The van der Waals surface area contributed by atoms with Gasteiger partial charge in [-0.1, -0.05) is 77.3 Å². The molecule has 0 aliphatic heterocycles. The molecule has 7 N–H and O–H groups in total. The molecular weight excluding hydrogens is 722 g/mol. The van der Waals surface area contributed by atoms with Crippen molar-refractivity contribution in [3.63, 3.8) is 0 Å². The zero-order valence-electron chi connectivity index (χ0n) is 33.7. The molecule has 7 amide bonds. The number of ether oxygens (including phenoxy) is 1. The van der Waals surface area contributed by atoms with Crippen LogP contribution in [0.3, 0.4) is 0 Å². The van der Waals surface area contributed by atoms with E-state index >= 15 is 0 Å². The van der Waals surface area contributed by atoms with Crippen molar-refractivity contribution in [1.29, 1.82) is 0 Å². The van der Waals surface area contributed by atoms with E-state index in [1.165, 1.54) is 43.4 Å². The van der Waals surface area contributed by atoms with Gasteiger partial charge in [-0.15, -0.1) is 0 Å². The van der Waals surface area contributed by atoms with E-state index in [1.807, 2.05) is 0 Å². The van der Waals surface area contributed by atoms with Crippen LogP contribution in [0.25, 0.3) is 0 Å². The number of carbonyl (C=O) groups excluding carboxylic acids is 6. The van der Waals surface area contributed by atoms with Crippen molar-refractivity contribution < 1.29 is 43.4 Å². The fourth-order valence-electron chi connectivity index (χ4n) is 6.44. The maximum atomic E-state index is 13.4. The average Bonchev–Trinajstić information content (AvgIpc) is 3.22. The third kappa shape index (κ3) is 19.1. The average molecular weight is 788 g/mol. The van der Waals surface area contributed by atoms with Crippen LogP contribution in [0.2, 0.25) is 0 Å². The van der Waals surface area contributed by atoms with Crippen molar-refractivity contribution in [3.05, 3.63) is 29.8 Å². The standard InChI is InChI=1S/C40H65N7O9/c1-28(2)35(45-33(48)18-13-19-34(49)50)37(52)44-32(17-14-24-42-39(41)54)36(51)43-31-22-20-29(21-23-31)27-56-40(55)47(4)26-25-46(3)38(53)30-15-11-9-7-5-6-8-10-12-16-30/h20-23,28,30,32,35H,5-19,24-27H2,1-4H3,(H,43,51)(H,44,52)(H,45,48)(H,49,50)(H3,41,42,54)/t32-,35-/m0/s1. The number of rotatable bonds is 20. The third-order valence-corrected chi connectivity index (χ3v) is 9.91. The van der Waals surface area contributed by atoms with E-state index in [0.29, 0.717) is 30.8 Å². The number of nitrogens with two attached hydrogens (primary N) is 1. The normalized spacial score (nSPS) is 14.9. The molecule has 1 aliphatic carbocycles. The number of carboxylic acids is 1. The lowest BCUT2D eigenvalue weighted by atomic mass is 9.94. The van der Waals surface area contributed by atoms with Gasteiger partial charge in [0.05, 0.1) is 0 Å². The van der Waals surface area contributed by atoms with Crippen LogP contribution in [0.5, 0.6) is 0 Å². The Hall–Kier alpha value is -4.89. The van der Waals surface area contributed by atoms with Crippen molar-refractivity contribution in [2.75, 3.05) is 39.0 Å². The number of hydrogen-bond acceptors (Lipinski definition) is 8. The molecule has 0 saturated heterocycles. The Morgan fingerprint density at radius 3 is 1.96 bits per heavy atom. The zero-order valence-corrected chi connectivity index (χ0v) is 33.7. The summed E-state index contributed by atoms with van der Waals surface area (Å²) in [5.41, 5.74) is 6.24. The number of nitrogens with one attached hydrogen (secondary N) is 4. The molecule has 2 rings (SSSR count). The van der Waals surface area contributed by atoms with Gasteiger partial charge >= 0.3 is 18.1 Å². The largest absolute Gasteiger partial charge is 0.481 e. The Bertz CT molecular complexity index is 1410. The minimum absolute atomic E-state index is 0.0155. The monoisotopic (exact) mass is 787 g/mol. The topological polar surface area (TPSA) is 230 Å². The summed E-state index contributed by atoms with van der Waals surface area (Å²) in [6.45, 7) is 4.34. The zero-order chi connectivity index (χ0) is 41.5. The lowest BCUT2D eigenvalue weighted by Crippen LogP contribution is -2.54. The number of hydrogen-bond donors (Lipinski definition) is 6. The van der Waals surface area contributed by atoms with E-state index in [0.717, 1.165) is 25.7 Å². The number of benzene rings is 1. The highest BCUT2D eigenvalue weighted by Gasteiger charge is 2.29. The molecule has 2 atom stereocenters. The van der Waals surface area contributed by atoms with Gasteiger partial charge in [0.15, 0.2) is 0 Å². The Morgan fingerprint density at radius 2 is 1.39 bits per heavy atom. The summed E-state index contributed by atoms with van der Waals surface area (Å²) < 4.78 is 5.50. The molecule has 0 unspecified atom stereocenters. The molecule has 0 spiro atoms. The SMILES string of the molecule is CC(C)[C@H](NC(=O)CCCC(=O)O)C(=O)N[C@@H](CCCNC(N)=O)C(=O)Nc1ccc(COC(=O)N(C)CCN(C)C(=O)C2CCCCCCCCCC2)cc1. The minimum Gasteiger partial charge on any atom is -0.481 e. The Kier molecular flexibility index (Phi) is 22.0. The van der Waals surface area contributed by atoms with E-state index in [9.17, 15) is 33.6 Å². The van der Waals surface area contributed by atoms with Crippen molar-refractivity contribution in [3.8, 4) is 0 Å². The molecule has 0 aromatic heterocycles. The van der Waals surface area contributed by atoms with Gasteiger partial charge in [-0.3, -0.25) is 24.0 Å². The Labute approximate surface area is 331 Å². The second-order valence-electron chi connectivity index (χ2n) is 15.1. The van der Waals surface area contributed by atoms with E-state index in [2.05, 4.69) is 21.3 Å². The lowest BCUT2D eigenvalue weighted by Gasteiger charge is -2.26. The second-order valence-corrected chi connectivity index (χ2v) is 15.1. The van der Waals surface area contributed by atoms with E-state index in [1.54, 1.807) is 57.1 Å². The number of amides is 7. The molecule has 1 aliphatic rings. The maximum absolute atomic E-state index is 13.4. The predicted octanol–water partition coefficient (Wildman–Crippen LogP) is 4.51. The van der Waals surface area contributed by atoms with Gasteiger partial charge < -0.3 is 46.6 Å². The van der Waals surface area contributed by atoms with E-state index < -0.39 is 47.9 Å². The summed E-state index contributed by atoms with van der Waals surface area (Å²) in [4.78, 5) is 90.2. The molecule has 0 heterocycles. The first-order valence-electron chi connectivity index (χ1n) is 20.0. The minimum atomic E-state index is -1.04. The molecule has 1 aromatic rings. The first-order chi connectivity index (χ1) is 26.7. The maximum Gasteiger partial charge on any atom is 0.409 e. The van der Waals surface area contributed by atoms with Crippen LogP contribution in [0.15, 0.2) is 24.3 Å². The smallest absolute Gasteiger partial charge is 0.409 e. The summed E-state index contributed by atoms with van der Waals surface area (Å²) in [7, 11) is 3.42. The summed E-state index contributed by atoms with van der Waals surface area (Å²) in [6.07, 6.45) is 11.1. The fourth-order valence-corrected chi connectivity index (χ4v) is 6.44. The number of aliphatic carboxylic acids is 1. The van der Waals surface area contributed by atoms with Gasteiger partial charge in [-0.2, -0.15) is 0 Å². The second kappa shape index (κ2) is 26.1. The van der Waals surface area contributed by atoms with Crippen molar-refractivity contribution >= 4 is 47.4 Å². The summed E-state index contributed by atoms with van der Waals surface area (Å²) in [6, 6.07) is 3.90. The number of anilines is 1. The van der Waals surface area contributed by atoms with Gasteiger partial charge in [0.25, 0.3) is 0 Å². The van der Waals surface area contributed by atoms with Crippen LogP contribution in [-0.2, 0) is 35.3 Å². The van der Waals surface area contributed by atoms with E-state index in [-0.39, 0.29) is 56.6 Å². The molecule has 16 heteroatoms. The van der Waals surface area contributed by atoms with Crippen molar-refractivity contribution in [2.45, 2.75) is 129 Å². The van der Waals surface area contributed by atoms with Gasteiger partial charge in [0.1, 0.15) is 18.7 Å². The molecule has 314 valence electrons. The number of nitrogens with zero attached hydrogens (tertiary/aromatic N) is 2. The van der Waals surface area contributed by atoms with Crippen LogP contribution in [0.4, 0.5) is 15.3 Å².